The molecule has 0 N–H and O–H groups in total. The van der Waals surface area contributed by atoms with Crippen molar-refractivity contribution in [1.29, 1.82) is 0 Å². The first-order chi connectivity index (χ1) is 12.2. The van der Waals surface area contributed by atoms with Crippen LogP contribution in [0.5, 0.6) is 5.75 Å². The van der Waals surface area contributed by atoms with E-state index in [0.29, 0.717) is 0 Å². The number of anilines is 1. The molecular formula is C21H31N3O. The average Bonchev–Trinajstić information content (AvgIpc) is 2.93. The Morgan fingerprint density at radius 3 is 2.44 bits per heavy atom. The van der Waals surface area contributed by atoms with Crippen LogP contribution in [-0.4, -0.2) is 67.8 Å². The largest absolute Gasteiger partial charge is 0.487 e. The summed E-state index contributed by atoms with van der Waals surface area (Å²) in [5, 5.41) is 0. The fourth-order valence-electron chi connectivity index (χ4n) is 5.01. The van der Waals surface area contributed by atoms with Gasteiger partial charge in [-0.05, 0) is 38.1 Å². The fourth-order valence-corrected chi connectivity index (χ4v) is 5.01. The summed E-state index contributed by atoms with van der Waals surface area (Å²) < 4.78 is 6.52. The van der Waals surface area contributed by atoms with Gasteiger partial charge < -0.3 is 19.4 Å². The molecule has 1 saturated carbocycles. The van der Waals surface area contributed by atoms with Gasteiger partial charge in [-0.1, -0.05) is 6.42 Å². The summed E-state index contributed by atoms with van der Waals surface area (Å²) in [4.78, 5) is 7.67. The Morgan fingerprint density at radius 1 is 1.00 bits per heavy atom. The summed E-state index contributed by atoms with van der Waals surface area (Å²) in [5.74, 6) is 1.15. The van der Waals surface area contributed by atoms with Crippen molar-refractivity contribution in [2.45, 2.75) is 50.2 Å². The zero-order valence-electron chi connectivity index (χ0n) is 15.5. The monoisotopic (exact) mass is 341 g/mol. The Morgan fingerprint density at radius 2 is 1.76 bits per heavy atom. The molecule has 3 fully saturated rings. The van der Waals surface area contributed by atoms with E-state index in [2.05, 4.69) is 39.9 Å². The van der Waals surface area contributed by atoms with Crippen LogP contribution in [0.4, 0.5) is 5.69 Å². The van der Waals surface area contributed by atoms with Gasteiger partial charge in [0.1, 0.15) is 11.4 Å². The maximum atomic E-state index is 6.52. The third-order valence-corrected chi connectivity index (χ3v) is 7.05. The van der Waals surface area contributed by atoms with Gasteiger partial charge in [0, 0.05) is 75.8 Å². The van der Waals surface area contributed by atoms with E-state index in [1.54, 1.807) is 0 Å². The molecule has 4 aliphatic rings. The standard InChI is InChI=1S/C21H31N3O/c1-22-11-13-24(14-12-22)19-5-6-20-17(15-19)16-21(25-20)7-9-23(10-8-21)18-3-2-4-18/h5-6,15,18H,2-4,7-14,16H2,1H3. The van der Waals surface area contributed by atoms with E-state index in [1.165, 1.54) is 56.4 Å². The molecule has 2 saturated heterocycles. The van der Waals surface area contributed by atoms with Crippen molar-refractivity contribution >= 4 is 5.69 Å². The SMILES string of the molecule is CN1CCN(c2ccc3c(c2)CC2(CCN(C4CCC4)CC2)O3)CC1. The lowest BCUT2D eigenvalue weighted by molar-refractivity contribution is -0.00746. The van der Waals surface area contributed by atoms with Gasteiger partial charge in [-0.25, -0.2) is 0 Å². The highest BCUT2D eigenvalue weighted by atomic mass is 16.5. The lowest BCUT2D eigenvalue weighted by atomic mass is 9.83. The highest BCUT2D eigenvalue weighted by Gasteiger charge is 2.43. The first kappa shape index (κ1) is 16.0. The Balaban J connectivity index is 1.26. The molecule has 0 unspecified atom stereocenters. The van der Waals surface area contributed by atoms with Crippen LogP contribution in [0.15, 0.2) is 18.2 Å². The maximum absolute atomic E-state index is 6.52. The van der Waals surface area contributed by atoms with Crippen LogP contribution in [0.3, 0.4) is 0 Å². The number of fused-ring (bicyclic) bond motifs is 1. The number of piperidine rings is 1. The Hall–Kier alpha value is -1.26. The predicted molar refractivity (Wildman–Crippen MR) is 102 cm³/mol. The molecule has 0 amide bonds. The molecule has 4 heteroatoms. The van der Waals surface area contributed by atoms with E-state index in [9.17, 15) is 0 Å². The number of nitrogens with zero attached hydrogens (tertiary/aromatic N) is 3. The summed E-state index contributed by atoms with van der Waals surface area (Å²) in [6.07, 6.45) is 7.78. The molecule has 1 aliphatic carbocycles. The number of rotatable bonds is 2. The van der Waals surface area contributed by atoms with Crippen LogP contribution in [0.2, 0.25) is 0 Å². The minimum atomic E-state index is 0.0866. The van der Waals surface area contributed by atoms with Gasteiger partial charge in [-0.2, -0.15) is 0 Å². The smallest absolute Gasteiger partial charge is 0.123 e. The molecule has 3 aliphatic heterocycles. The number of piperazine rings is 1. The first-order valence-electron chi connectivity index (χ1n) is 10.2. The predicted octanol–water partition coefficient (Wildman–Crippen LogP) is 2.76. The zero-order valence-corrected chi connectivity index (χ0v) is 15.5. The summed E-state index contributed by atoms with van der Waals surface area (Å²) in [6, 6.07) is 7.79. The number of likely N-dealkylation sites (tertiary alicyclic amines) is 1. The number of ether oxygens (including phenoxy) is 1. The van der Waals surface area contributed by atoms with Crippen LogP contribution < -0.4 is 9.64 Å². The average molecular weight is 341 g/mol. The second-order valence-electron chi connectivity index (χ2n) is 8.66. The third kappa shape index (κ3) is 2.93. The van der Waals surface area contributed by atoms with Crippen LogP contribution in [0.25, 0.3) is 0 Å². The van der Waals surface area contributed by atoms with Gasteiger partial charge in [0.05, 0.1) is 0 Å². The van der Waals surface area contributed by atoms with Crippen molar-refractivity contribution in [3.05, 3.63) is 23.8 Å². The molecule has 5 rings (SSSR count). The summed E-state index contributed by atoms with van der Waals surface area (Å²) in [7, 11) is 2.22. The lowest BCUT2D eigenvalue weighted by Crippen LogP contribution is -2.52. The van der Waals surface area contributed by atoms with Crippen molar-refractivity contribution < 1.29 is 4.74 Å². The highest BCUT2D eigenvalue weighted by molar-refractivity contribution is 5.55. The minimum Gasteiger partial charge on any atom is -0.487 e. The molecule has 0 bridgehead atoms. The molecule has 1 aromatic rings. The van der Waals surface area contributed by atoms with Gasteiger partial charge >= 0.3 is 0 Å². The van der Waals surface area contributed by atoms with Crippen molar-refractivity contribution in [3.8, 4) is 5.75 Å². The van der Waals surface area contributed by atoms with Crippen LogP contribution >= 0.6 is 0 Å². The van der Waals surface area contributed by atoms with Crippen LogP contribution in [-0.2, 0) is 6.42 Å². The van der Waals surface area contributed by atoms with E-state index in [0.717, 1.165) is 44.4 Å². The summed E-state index contributed by atoms with van der Waals surface area (Å²) >= 11 is 0. The van der Waals surface area contributed by atoms with E-state index in [1.807, 2.05) is 0 Å². The van der Waals surface area contributed by atoms with Crippen molar-refractivity contribution in [2.75, 3.05) is 51.2 Å². The number of hydrogen-bond acceptors (Lipinski definition) is 4. The summed E-state index contributed by atoms with van der Waals surface area (Å²) in [6.45, 7) is 7.05. The summed E-state index contributed by atoms with van der Waals surface area (Å²) in [5.41, 5.74) is 2.91. The molecular weight excluding hydrogens is 310 g/mol. The van der Waals surface area contributed by atoms with E-state index in [-0.39, 0.29) is 5.60 Å². The van der Waals surface area contributed by atoms with Crippen LogP contribution in [0, 0.1) is 0 Å². The first-order valence-corrected chi connectivity index (χ1v) is 10.2. The van der Waals surface area contributed by atoms with Crippen molar-refractivity contribution in [2.24, 2.45) is 0 Å². The molecule has 1 spiro atoms. The fraction of sp³-hybridized carbons (Fsp3) is 0.714. The second kappa shape index (κ2) is 6.17. The Labute approximate surface area is 151 Å². The minimum absolute atomic E-state index is 0.0866. The molecule has 3 heterocycles. The van der Waals surface area contributed by atoms with Gasteiger partial charge in [-0.15, -0.1) is 0 Å². The molecule has 4 nitrogen and oxygen atoms in total. The third-order valence-electron chi connectivity index (χ3n) is 7.05. The van der Waals surface area contributed by atoms with Gasteiger partial charge in [0.25, 0.3) is 0 Å². The normalized spacial score (nSPS) is 27.2. The topological polar surface area (TPSA) is 19.0 Å². The van der Waals surface area contributed by atoms with Crippen molar-refractivity contribution in [3.63, 3.8) is 0 Å². The van der Waals surface area contributed by atoms with E-state index >= 15 is 0 Å². The molecule has 0 radical (unpaired) electrons. The molecule has 1 aromatic carbocycles. The number of likely N-dealkylation sites (N-methyl/N-ethyl adjacent to an activating group) is 1. The molecule has 0 aromatic heterocycles. The zero-order chi connectivity index (χ0) is 16.9. The van der Waals surface area contributed by atoms with Gasteiger partial charge in [0.15, 0.2) is 0 Å². The Kier molecular flexibility index (Phi) is 3.94. The van der Waals surface area contributed by atoms with E-state index in [4.69, 9.17) is 4.74 Å². The quantitative estimate of drug-likeness (QED) is 0.823. The second-order valence-corrected chi connectivity index (χ2v) is 8.66. The Bertz CT molecular complexity index is 626. The molecule has 25 heavy (non-hydrogen) atoms. The van der Waals surface area contributed by atoms with Crippen molar-refractivity contribution in [1.82, 2.24) is 9.80 Å². The van der Waals surface area contributed by atoms with Gasteiger partial charge in [0.2, 0.25) is 0 Å². The highest BCUT2D eigenvalue weighted by Crippen LogP contribution is 2.43. The van der Waals surface area contributed by atoms with Crippen LogP contribution in [0.1, 0.15) is 37.7 Å². The number of hydrogen-bond donors (Lipinski definition) is 0. The van der Waals surface area contributed by atoms with E-state index < -0.39 is 0 Å². The molecule has 136 valence electrons. The lowest BCUT2D eigenvalue weighted by Gasteiger charge is -2.45. The maximum Gasteiger partial charge on any atom is 0.123 e. The van der Waals surface area contributed by atoms with Gasteiger partial charge in [-0.3, -0.25) is 0 Å². The molecule has 0 atom stereocenters. The number of benzene rings is 1.